The minimum Gasteiger partial charge on any atom is -0.396 e. The molecule has 1 fully saturated rings. The Balaban J connectivity index is 1.81. The first-order valence-corrected chi connectivity index (χ1v) is 6.26. The fraction of sp³-hybridized carbons (Fsp3) is 0.500. The lowest BCUT2D eigenvalue weighted by molar-refractivity contribution is 0.103. The van der Waals surface area contributed by atoms with Crippen LogP contribution >= 0.6 is 0 Å². The molecule has 0 aromatic carbocycles. The molecule has 1 saturated heterocycles. The summed E-state index contributed by atoms with van der Waals surface area (Å²) in [4.78, 5) is 13.4. The molecule has 0 unspecified atom stereocenters. The van der Waals surface area contributed by atoms with Gasteiger partial charge >= 0.3 is 0 Å². The van der Waals surface area contributed by atoms with Crippen LogP contribution in [0.5, 0.6) is 0 Å². The molecule has 1 aliphatic heterocycles. The van der Waals surface area contributed by atoms with Crippen molar-refractivity contribution < 1.29 is 10.2 Å². The first kappa shape index (κ1) is 12.3. The number of fused-ring (bicyclic) bond motifs is 1. The zero-order valence-electron chi connectivity index (χ0n) is 10.5. The summed E-state index contributed by atoms with van der Waals surface area (Å²) in [6, 6.07) is 0. The lowest BCUT2D eigenvalue weighted by Gasteiger charge is -2.14. The minimum absolute atomic E-state index is 0.0146. The Hall–Kier alpha value is -1.70. The average molecular weight is 263 g/mol. The van der Waals surface area contributed by atoms with Crippen LogP contribution in [0.2, 0.25) is 0 Å². The van der Waals surface area contributed by atoms with Crippen molar-refractivity contribution in [2.75, 3.05) is 25.4 Å². The molecule has 0 radical (unpaired) electrons. The molecule has 0 spiro atoms. The van der Waals surface area contributed by atoms with Crippen molar-refractivity contribution in [2.45, 2.75) is 12.6 Å². The van der Waals surface area contributed by atoms with E-state index in [0.29, 0.717) is 25.5 Å². The van der Waals surface area contributed by atoms with Crippen molar-refractivity contribution in [3.63, 3.8) is 0 Å². The molecule has 0 amide bonds. The second-order valence-corrected chi connectivity index (χ2v) is 5.00. The van der Waals surface area contributed by atoms with E-state index in [1.807, 2.05) is 6.20 Å². The van der Waals surface area contributed by atoms with Gasteiger partial charge in [-0.3, -0.25) is 4.90 Å². The van der Waals surface area contributed by atoms with Gasteiger partial charge in [-0.2, -0.15) is 0 Å². The van der Waals surface area contributed by atoms with Crippen molar-refractivity contribution in [3.05, 3.63) is 18.1 Å². The highest BCUT2D eigenvalue weighted by Crippen LogP contribution is 2.23. The van der Waals surface area contributed by atoms with Crippen LogP contribution in [0.25, 0.3) is 11.0 Å². The molecule has 102 valence electrons. The van der Waals surface area contributed by atoms with E-state index in [9.17, 15) is 5.11 Å². The van der Waals surface area contributed by atoms with Crippen LogP contribution < -0.4 is 5.73 Å². The molecule has 2 aromatic rings. The number of nitrogens with two attached hydrogens (primary N) is 1. The molecule has 7 heteroatoms. The molecule has 5 N–H and O–H groups in total. The number of nitrogen functional groups attached to an aromatic ring is 1. The first-order chi connectivity index (χ1) is 9.19. The van der Waals surface area contributed by atoms with Crippen LogP contribution in [0.1, 0.15) is 5.56 Å². The molecule has 1 aliphatic rings. The topological polar surface area (TPSA) is 111 Å². The van der Waals surface area contributed by atoms with Crippen LogP contribution in [-0.2, 0) is 6.54 Å². The fourth-order valence-corrected chi connectivity index (χ4v) is 2.62. The van der Waals surface area contributed by atoms with Crippen LogP contribution in [0.3, 0.4) is 0 Å². The largest absolute Gasteiger partial charge is 0.396 e. The SMILES string of the molecule is Nc1ncnc2c(CN3C[C@@H](CO)[C@@H](O)C3)c[nH]c12. The number of H-pyrrole nitrogens is 1. The van der Waals surface area contributed by atoms with Crippen molar-refractivity contribution in [2.24, 2.45) is 5.92 Å². The van der Waals surface area contributed by atoms with Gasteiger partial charge in [-0.1, -0.05) is 0 Å². The number of hydrogen-bond donors (Lipinski definition) is 4. The van der Waals surface area contributed by atoms with E-state index in [-0.39, 0.29) is 12.5 Å². The highest BCUT2D eigenvalue weighted by molar-refractivity contribution is 5.86. The molecular formula is C12H17N5O2. The Morgan fingerprint density at radius 1 is 1.42 bits per heavy atom. The minimum atomic E-state index is -0.463. The quantitative estimate of drug-likeness (QED) is 0.584. The number of anilines is 1. The third kappa shape index (κ3) is 2.16. The summed E-state index contributed by atoms with van der Waals surface area (Å²) in [5.41, 5.74) is 8.36. The highest BCUT2D eigenvalue weighted by atomic mass is 16.3. The molecule has 2 aromatic heterocycles. The molecule has 3 rings (SSSR count). The maximum Gasteiger partial charge on any atom is 0.151 e. The second kappa shape index (κ2) is 4.76. The Labute approximate surface area is 110 Å². The van der Waals surface area contributed by atoms with Gasteiger partial charge in [0.15, 0.2) is 5.82 Å². The summed E-state index contributed by atoms with van der Waals surface area (Å²) in [5.74, 6) is 0.371. The van der Waals surface area contributed by atoms with Gasteiger partial charge in [-0.05, 0) is 0 Å². The zero-order chi connectivity index (χ0) is 13.4. The van der Waals surface area contributed by atoms with Crippen LogP contribution in [0.4, 0.5) is 5.82 Å². The lowest BCUT2D eigenvalue weighted by Crippen LogP contribution is -2.21. The van der Waals surface area contributed by atoms with Crippen molar-refractivity contribution >= 4 is 16.9 Å². The van der Waals surface area contributed by atoms with Crippen molar-refractivity contribution in [1.82, 2.24) is 19.9 Å². The average Bonchev–Trinajstić information content (AvgIpc) is 2.95. The third-order valence-corrected chi connectivity index (χ3v) is 3.68. The zero-order valence-corrected chi connectivity index (χ0v) is 10.5. The molecule has 7 nitrogen and oxygen atoms in total. The molecule has 0 aliphatic carbocycles. The summed E-state index contributed by atoms with van der Waals surface area (Å²) in [6.07, 6.45) is 2.86. The van der Waals surface area contributed by atoms with Gasteiger partial charge in [-0.25, -0.2) is 9.97 Å². The Morgan fingerprint density at radius 3 is 3.00 bits per heavy atom. The number of aromatic nitrogens is 3. The van der Waals surface area contributed by atoms with E-state index in [1.54, 1.807) is 0 Å². The highest BCUT2D eigenvalue weighted by Gasteiger charge is 2.30. The van der Waals surface area contributed by atoms with Crippen LogP contribution in [-0.4, -0.2) is 55.9 Å². The van der Waals surface area contributed by atoms with E-state index < -0.39 is 6.10 Å². The van der Waals surface area contributed by atoms with Crippen LogP contribution in [0.15, 0.2) is 12.5 Å². The number of hydrogen-bond acceptors (Lipinski definition) is 6. The van der Waals surface area contributed by atoms with Gasteiger partial charge < -0.3 is 20.9 Å². The Kier molecular flexibility index (Phi) is 3.09. The van der Waals surface area contributed by atoms with E-state index in [2.05, 4.69) is 19.9 Å². The maximum absolute atomic E-state index is 9.79. The summed E-state index contributed by atoms with van der Waals surface area (Å²) >= 11 is 0. The van der Waals surface area contributed by atoms with Gasteiger partial charge in [0.2, 0.25) is 0 Å². The summed E-state index contributed by atoms with van der Waals surface area (Å²) in [7, 11) is 0. The number of β-amino-alcohol motifs (C(OH)–C–C–N with tert-alkyl or cyclic N) is 1. The normalized spacial score (nSPS) is 24.3. The summed E-state index contributed by atoms with van der Waals surface area (Å²) in [5, 5.41) is 18.9. The summed E-state index contributed by atoms with van der Waals surface area (Å²) in [6.45, 7) is 1.94. The van der Waals surface area contributed by atoms with Gasteiger partial charge in [0.05, 0.1) is 11.6 Å². The number of aliphatic hydroxyl groups is 2. The van der Waals surface area contributed by atoms with E-state index >= 15 is 0 Å². The van der Waals surface area contributed by atoms with Gasteiger partial charge in [0, 0.05) is 43.9 Å². The number of nitrogens with one attached hydrogen (secondary N) is 1. The Bertz CT molecular complexity index is 585. The van der Waals surface area contributed by atoms with Crippen molar-refractivity contribution in [3.8, 4) is 0 Å². The predicted molar refractivity (Wildman–Crippen MR) is 70.2 cm³/mol. The van der Waals surface area contributed by atoms with Crippen molar-refractivity contribution in [1.29, 1.82) is 0 Å². The monoisotopic (exact) mass is 263 g/mol. The lowest BCUT2D eigenvalue weighted by atomic mass is 10.1. The van der Waals surface area contributed by atoms with Gasteiger partial charge in [-0.15, -0.1) is 0 Å². The van der Waals surface area contributed by atoms with Gasteiger partial charge in [0.1, 0.15) is 11.8 Å². The third-order valence-electron chi connectivity index (χ3n) is 3.68. The Morgan fingerprint density at radius 2 is 2.26 bits per heavy atom. The van der Waals surface area contributed by atoms with Crippen LogP contribution in [0, 0.1) is 5.92 Å². The number of likely N-dealkylation sites (tertiary alicyclic amines) is 1. The van der Waals surface area contributed by atoms with E-state index in [0.717, 1.165) is 16.6 Å². The van der Waals surface area contributed by atoms with E-state index in [4.69, 9.17) is 10.8 Å². The molecule has 19 heavy (non-hydrogen) atoms. The molecule has 0 saturated carbocycles. The number of nitrogens with zero attached hydrogens (tertiary/aromatic N) is 3. The first-order valence-electron chi connectivity index (χ1n) is 6.26. The standard InChI is InChI=1S/C12H17N5O2/c13-12-11-10(15-6-16-12)7(1-14-11)2-17-3-8(5-18)9(19)4-17/h1,6,8-9,14,18-19H,2-5H2,(H2,13,15,16)/t8-,9-/m0/s1. The summed E-state index contributed by atoms with van der Waals surface area (Å²) < 4.78 is 0. The maximum atomic E-state index is 9.79. The number of aliphatic hydroxyl groups excluding tert-OH is 2. The molecule has 2 atom stereocenters. The molecule has 0 bridgehead atoms. The predicted octanol–water partition coefficient (Wildman–Crippen LogP) is -0.675. The smallest absolute Gasteiger partial charge is 0.151 e. The van der Waals surface area contributed by atoms with E-state index in [1.165, 1.54) is 6.33 Å². The number of aromatic amines is 1. The second-order valence-electron chi connectivity index (χ2n) is 5.00. The van der Waals surface area contributed by atoms with Gasteiger partial charge in [0.25, 0.3) is 0 Å². The molecule has 3 heterocycles. The molecular weight excluding hydrogens is 246 g/mol. The fourth-order valence-electron chi connectivity index (χ4n) is 2.62. The number of rotatable bonds is 3.